The summed E-state index contributed by atoms with van der Waals surface area (Å²) in [6.07, 6.45) is 1.69. The number of hydrogen-bond acceptors (Lipinski definition) is 4. The fourth-order valence-electron chi connectivity index (χ4n) is 3.29. The van der Waals surface area contributed by atoms with Crippen molar-refractivity contribution in [3.63, 3.8) is 0 Å². The summed E-state index contributed by atoms with van der Waals surface area (Å²) in [5.41, 5.74) is 3.66. The smallest absolute Gasteiger partial charge is 0.151 e. The highest BCUT2D eigenvalue weighted by Gasteiger charge is 2.16. The number of ether oxygens (including phenoxy) is 1. The van der Waals surface area contributed by atoms with Gasteiger partial charge in [-0.3, -0.25) is 0 Å². The minimum absolute atomic E-state index is 0.0450. The average molecular weight is 401 g/mol. The normalized spacial score (nSPS) is 12.2. The number of aromatic nitrogens is 2. The van der Waals surface area contributed by atoms with Gasteiger partial charge in [-0.2, -0.15) is 5.10 Å². The van der Waals surface area contributed by atoms with Gasteiger partial charge in [0.2, 0.25) is 0 Å². The van der Waals surface area contributed by atoms with Gasteiger partial charge in [-0.1, -0.05) is 6.07 Å². The van der Waals surface area contributed by atoms with Crippen LogP contribution in [0.3, 0.4) is 0 Å². The topological polar surface area (TPSA) is 59.3 Å². The minimum Gasteiger partial charge on any atom is -0.494 e. The molecule has 5 nitrogen and oxygen atoms in total. The molecule has 1 aromatic heterocycles. The van der Waals surface area contributed by atoms with Crippen LogP contribution in [0.1, 0.15) is 42.3 Å². The zero-order valence-corrected chi connectivity index (χ0v) is 16.7. The molecule has 0 radical (unpaired) electrons. The number of rotatable bonds is 8. The summed E-state index contributed by atoms with van der Waals surface area (Å²) in [5.74, 6) is -0.594. The molecule has 7 heteroatoms. The van der Waals surface area contributed by atoms with Crippen LogP contribution in [0.4, 0.5) is 8.78 Å². The third-order valence-electron chi connectivity index (χ3n) is 4.86. The van der Waals surface area contributed by atoms with Gasteiger partial charge in [-0.15, -0.1) is 0 Å². The first-order valence-corrected chi connectivity index (χ1v) is 9.53. The van der Waals surface area contributed by atoms with E-state index in [1.165, 1.54) is 16.8 Å². The lowest BCUT2D eigenvalue weighted by atomic mass is 10.1. The lowest BCUT2D eigenvalue weighted by Crippen LogP contribution is -2.19. The molecule has 29 heavy (non-hydrogen) atoms. The molecule has 3 aromatic rings. The van der Waals surface area contributed by atoms with Crippen LogP contribution in [0.25, 0.3) is 5.69 Å². The molecule has 0 spiro atoms. The minimum atomic E-state index is -0.658. The lowest BCUT2D eigenvalue weighted by Gasteiger charge is -2.16. The van der Waals surface area contributed by atoms with Gasteiger partial charge < -0.3 is 15.2 Å². The molecule has 1 heterocycles. The van der Waals surface area contributed by atoms with Crippen LogP contribution in [-0.4, -0.2) is 21.5 Å². The molecule has 0 bridgehead atoms. The van der Waals surface area contributed by atoms with Crippen LogP contribution in [0.15, 0.2) is 42.6 Å². The first-order chi connectivity index (χ1) is 13.9. The quantitative estimate of drug-likeness (QED) is 0.594. The largest absolute Gasteiger partial charge is 0.494 e. The van der Waals surface area contributed by atoms with Crippen LogP contribution >= 0.6 is 0 Å². The molecule has 0 aliphatic carbocycles. The fourth-order valence-corrected chi connectivity index (χ4v) is 3.29. The first-order valence-electron chi connectivity index (χ1n) is 9.53. The van der Waals surface area contributed by atoms with Crippen molar-refractivity contribution in [2.75, 3.05) is 6.61 Å². The van der Waals surface area contributed by atoms with Gasteiger partial charge in [0, 0.05) is 35.5 Å². The Morgan fingerprint density at radius 3 is 2.69 bits per heavy atom. The van der Waals surface area contributed by atoms with E-state index < -0.39 is 11.6 Å². The monoisotopic (exact) mass is 401 g/mol. The molecule has 0 unspecified atom stereocenters. The molecule has 0 fully saturated rings. The second kappa shape index (κ2) is 9.15. The van der Waals surface area contributed by atoms with E-state index in [-0.39, 0.29) is 18.3 Å². The summed E-state index contributed by atoms with van der Waals surface area (Å²) in [6.45, 7) is 6.78. The predicted octanol–water partition coefficient (Wildman–Crippen LogP) is 4.20. The number of halogens is 2. The van der Waals surface area contributed by atoms with E-state index in [9.17, 15) is 13.9 Å². The van der Waals surface area contributed by atoms with E-state index in [0.29, 0.717) is 18.9 Å². The van der Waals surface area contributed by atoms with Crippen LogP contribution in [0.2, 0.25) is 0 Å². The van der Waals surface area contributed by atoms with Gasteiger partial charge in [-0.25, -0.2) is 13.5 Å². The van der Waals surface area contributed by atoms with Gasteiger partial charge in [0.15, 0.2) is 5.82 Å². The van der Waals surface area contributed by atoms with Crippen molar-refractivity contribution in [1.29, 1.82) is 0 Å². The molecule has 0 aliphatic heterocycles. The van der Waals surface area contributed by atoms with Gasteiger partial charge in [-0.05, 0) is 50.6 Å². The molecule has 1 atom stereocenters. The number of aliphatic hydroxyl groups is 1. The standard InChI is InChI=1S/C22H25F2N3O2/c1-4-29-22-8-5-16(9-17(22)13-28)11-25-14(2)19-12-26-27(15(19)3)21-7-6-18(23)10-20(21)24/h5-10,12,14,25,28H,4,11,13H2,1-3H3/t14-/m0/s1. The fraction of sp³-hybridized carbons (Fsp3) is 0.318. The van der Waals surface area contributed by atoms with Gasteiger partial charge in [0.25, 0.3) is 0 Å². The van der Waals surface area contributed by atoms with Crippen molar-refractivity contribution in [2.24, 2.45) is 0 Å². The number of nitrogens with zero attached hydrogens (tertiary/aromatic N) is 2. The van der Waals surface area contributed by atoms with E-state index >= 15 is 0 Å². The summed E-state index contributed by atoms with van der Waals surface area (Å²) in [4.78, 5) is 0. The Morgan fingerprint density at radius 1 is 1.21 bits per heavy atom. The van der Waals surface area contributed by atoms with E-state index in [2.05, 4.69) is 10.4 Å². The Balaban J connectivity index is 1.73. The SMILES string of the molecule is CCOc1ccc(CN[C@@H](C)c2cnn(-c3ccc(F)cc3F)c2C)cc1CO. The third-order valence-corrected chi connectivity index (χ3v) is 4.86. The lowest BCUT2D eigenvalue weighted by molar-refractivity contribution is 0.267. The molecule has 0 amide bonds. The Labute approximate surface area is 168 Å². The zero-order chi connectivity index (χ0) is 21.0. The Hall–Kier alpha value is -2.77. The summed E-state index contributed by atoms with van der Waals surface area (Å²) in [5, 5.41) is 17.2. The van der Waals surface area contributed by atoms with Gasteiger partial charge >= 0.3 is 0 Å². The first kappa shape index (κ1) is 21.0. The maximum atomic E-state index is 14.1. The molecule has 0 saturated carbocycles. The van der Waals surface area contributed by atoms with Crippen LogP contribution in [-0.2, 0) is 13.2 Å². The molecule has 154 valence electrons. The maximum absolute atomic E-state index is 14.1. The summed E-state index contributed by atoms with van der Waals surface area (Å²) in [6, 6.07) is 9.12. The highest BCUT2D eigenvalue weighted by Crippen LogP contribution is 2.24. The Morgan fingerprint density at radius 2 is 2.00 bits per heavy atom. The number of nitrogens with one attached hydrogen (secondary N) is 1. The van der Waals surface area contributed by atoms with Crippen LogP contribution < -0.4 is 10.1 Å². The molecule has 0 saturated heterocycles. The van der Waals surface area contributed by atoms with E-state index in [1.54, 1.807) is 6.20 Å². The molecule has 3 rings (SSSR count). The van der Waals surface area contributed by atoms with E-state index in [4.69, 9.17) is 4.74 Å². The zero-order valence-electron chi connectivity index (χ0n) is 16.7. The third kappa shape index (κ3) is 4.63. The second-order valence-corrected chi connectivity index (χ2v) is 6.83. The van der Waals surface area contributed by atoms with Crippen LogP contribution in [0, 0.1) is 18.6 Å². The van der Waals surface area contributed by atoms with E-state index in [1.807, 2.05) is 39.0 Å². The van der Waals surface area contributed by atoms with Crippen molar-refractivity contribution in [3.05, 3.63) is 76.6 Å². The van der Waals surface area contributed by atoms with Crippen molar-refractivity contribution >= 4 is 0 Å². The molecular weight excluding hydrogens is 376 g/mol. The number of benzene rings is 2. The predicted molar refractivity (Wildman–Crippen MR) is 107 cm³/mol. The molecule has 0 aliphatic rings. The molecule has 2 aromatic carbocycles. The maximum Gasteiger partial charge on any atom is 0.151 e. The van der Waals surface area contributed by atoms with Gasteiger partial charge in [0.05, 0.1) is 19.4 Å². The molecular formula is C22H25F2N3O2. The van der Waals surface area contributed by atoms with Gasteiger partial charge in [0.1, 0.15) is 17.3 Å². The Bertz CT molecular complexity index is 988. The molecule has 2 N–H and O–H groups in total. The van der Waals surface area contributed by atoms with E-state index in [0.717, 1.165) is 28.5 Å². The van der Waals surface area contributed by atoms with Crippen molar-refractivity contribution in [3.8, 4) is 11.4 Å². The van der Waals surface area contributed by atoms with Crippen molar-refractivity contribution in [1.82, 2.24) is 15.1 Å². The summed E-state index contributed by atoms with van der Waals surface area (Å²) >= 11 is 0. The second-order valence-electron chi connectivity index (χ2n) is 6.83. The van der Waals surface area contributed by atoms with Crippen LogP contribution in [0.5, 0.6) is 5.75 Å². The number of hydrogen-bond donors (Lipinski definition) is 2. The number of aliphatic hydroxyl groups excluding tert-OH is 1. The Kier molecular flexibility index (Phi) is 6.61. The highest BCUT2D eigenvalue weighted by molar-refractivity contribution is 5.38. The average Bonchev–Trinajstić information content (AvgIpc) is 3.08. The summed E-state index contributed by atoms with van der Waals surface area (Å²) in [7, 11) is 0. The highest BCUT2D eigenvalue weighted by atomic mass is 19.1. The summed E-state index contributed by atoms with van der Waals surface area (Å²) < 4.78 is 34.3. The van der Waals surface area contributed by atoms with Crippen molar-refractivity contribution < 1.29 is 18.6 Å². The van der Waals surface area contributed by atoms with Crippen molar-refractivity contribution in [2.45, 2.75) is 40.0 Å².